The zero-order valence-electron chi connectivity index (χ0n) is 13.5. The maximum Gasteiger partial charge on any atom is 0.153 e. The number of aromatic hydroxyl groups is 2. The molecule has 2 aromatic rings. The Labute approximate surface area is 136 Å². The van der Waals surface area contributed by atoms with Crippen molar-refractivity contribution in [3.8, 4) is 11.5 Å². The van der Waals surface area contributed by atoms with E-state index in [1.54, 1.807) is 24.3 Å². The average Bonchev–Trinajstić information content (AvgIpc) is 2.56. The first kappa shape index (κ1) is 18.4. The van der Waals surface area contributed by atoms with E-state index in [1.807, 2.05) is 19.1 Å². The van der Waals surface area contributed by atoms with Crippen LogP contribution in [0.3, 0.4) is 0 Å². The molecule has 0 atom stereocenters. The Kier molecular flexibility index (Phi) is 7.54. The van der Waals surface area contributed by atoms with E-state index in [9.17, 15) is 19.8 Å². The molecule has 0 bridgehead atoms. The van der Waals surface area contributed by atoms with Gasteiger partial charge in [0, 0.05) is 0 Å². The molecule has 2 N–H and O–H groups in total. The van der Waals surface area contributed by atoms with Gasteiger partial charge in [0.2, 0.25) is 0 Å². The van der Waals surface area contributed by atoms with Crippen LogP contribution < -0.4 is 0 Å². The molecule has 4 nitrogen and oxygen atoms in total. The maximum atomic E-state index is 10.3. The quantitative estimate of drug-likeness (QED) is 0.820. The number of benzene rings is 2. The van der Waals surface area contributed by atoms with E-state index in [0.717, 1.165) is 30.4 Å². The van der Waals surface area contributed by atoms with Crippen molar-refractivity contribution < 1.29 is 19.8 Å². The number of hydrogen-bond donors (Lipinski definition) is 2. The lowest BCUT2D eigenvalue weighted by Crippen LogP contribution is -1.86. The minimum Gasteiger partial charge on any atom is -0.507 e. The molecule has 0 radical (unpaired) electrons. The van der Waals surface area contributed by atoms with Crippen molar-refractivity contribution in [1.29, 1.82) is 0 Å². The summed E-state index contributed by atoms with van der Waals surface area (Å²) in [6.45, 7) is 4.07. The summed E-state index contributed by atoms with van der Waals surface area (Å²) in [6, 6.07) is 10.2. The summed E-state index contributed by atoms with van der Waals surface area (Å²) in [6.07, 6.45) is 4.15. The third kappa shape index (κ3) is 5.58. The van der Waals surface area contributed by atoms with Gasteiger partial charge in [-0.3, -0.25) is 9.59 Å². The van der Waals surface area contributed by atoms with Crippen molar-refractivity contribution in [2.45, 2.75) is 33.1 Å². The van der Waals surface area contributed by atoms with Crippen molar-refractivity contribution in [2.75, 3.05) is 0 Å². The number of hydrogen-bond acceptors (Lipinski definition) is 4. The third-order valence-electron chi connectivity index (χ3n) is 3.39. The van der Waals surface area contributed by atoms with Crippen molar-refractivity contribution in [3.05, 3.63) is 58.7 Å². The first-order chi connectivity index (χ1) is 11.0. The van der Waals surface area contributed by atoms with E-state index in [4.69, 9.17) is 0 Å². The molecule has 0 amide bonds. The summed E-state index contributed by atoms with van der Waals surface area (Å²) in [4.78, 5) is 20.6. The fourth-order valence-electron chi connectivity index (χ4n) is 2.04. The summed E-state index contributed by atoms with van der Waals surface area (Å²) in [7, 11) is 0. The van der Waals surface area contributed by atoms with Crippen LogP contribution in [0.1, 0.15) is 52.1 Å². The number of aldehydes is 2. The minimum atomic E-state index is 0.0688. The number of rotatable bonds is 5. The van der Waals surface area contributed by atoms with Crippen molar-refractivity contribution >= 4 is 12.6 Å². The molecule has 4 heteroatoms. The van der Waals surface area contributed by atoms with Gasteiger partial charge in [-0.05, 0) is 48.2 Å². The normalized spacial score (nSPS) is 9.65. The molecule has 0 fully saturated rings. The fourth-order valence-corrected chi connectivity index (χ4v) is 2.04. The van der Waals surface area contributed by atoms with Crippen LogP contribution in [0.15, 0.2) is 36.4 Å². The Morgan fingerprint density at radius 1 is 0.826 bits per heavy atom. The van der Waals surface area contributed by atoms with E-state index in [0.29, 0.717) is 23.7 Å². The highest BCUT2D eigenvalue weighted by Gasteiger charge is 2.00. The molecule has 0 saturated heterocycles. The molecule has 0 unspecified atom stereocenters. The highest BCUT2D eigenvalue weighted by Crippen LogP contribution is 2.18. The summed E-state index contributed by atoms with van der Waals surface area (Å²) in [5.41, 5.74) is 2.81. The van der Waals surface area contributed by atoms with E-state index in [1.165, 1.54) is 0 Å². The number of phenolic OH excluding ortho intramolecular Hbond substituents is 2. The molecule has 0 aliphatic rings. The van der Waals surface area contributed by atoms with E-state index < -0.39 is 0 Å². The van der Waals surface area contributed by atoms with Crippen LogP contribution in [0, 0.1) is 0 Å². The smallest absolute Gasteiger partial charge is 0.153 e. The van der Waals surface area contributed by atoms with E-state index in [2.05, 4.69) is 6.92 Å². The van der Waals surface area contributed by atoms with Gasteiger partial charge >= 0.3 is 0 Å². The number of carbonyl (C=O) groups excluding carboxylic acids is 2. The molecule has 122 valence electrons. The molecule has 0 spiro atoms. The highest BCUT2D eigenvalue weighted by atomic mass is 16.3. The van der Waals surface area contributed by atoms with Gasteiger partial charge in [0.05, 0.1) is 11.1 Å². The number of carbonyl (C=O) groups is 2. The van der Waals surface area contributed by atoms with Crippen LogP contribution in [-0.2, 0) is 12.8 Å². The van der Waals surface area contributed by atoms with Crippen molar-refractivity contribution in [3.63, 3.8) is 0 Å². The largest absolute Gasteiger partial charge is 0.507 e. The lowest BCUT2D eigenvalue weighted by atomic mass is 10.1. The first-order valence-electron chi connectivity index (χ1n) is 7.59. The minimum absolute atomic E-state index is 0.0688. The maximum absolute atomic E-state index is 10.3. The van der Waals surface area contributed by atoms with Crippen LogP contribution in [0.25, 0.3) is 0 Å². The molecule has 0 heterocycles. The molecule has 0 aliphatic carbocycles. The molecule has 2 rings (SSSR count). The van der Waals surface area contributed by atoms with Gasteiger partial charge in [0.25, 0.3) is 0 Å². The average molecular weight is 314 g/mol. The highest BCUT2D eigenvalue weighted by molar-refractivity contribution is 5.79. The van der Waals surface area contributed by atoms with E-state index >= 15 is 0 Å². The zero-order valence-corrected chi connectivity index (χ0v) is 13.5. The van der Waals surface area contributed by atoms with Gasteiger partial charge in [-0.1, -0.05) is 32.4 Å². The Bertz CT molecular complexity index is 662. The summed E-state index contributed by atoms with van der Waals surface area (Å²) < 4.78 is 0. The summed E-state index contributed by atoms with van der Waals surface area (Å²) >= 11 is 0. The predicted octanol–water partition coefficient (Wildman–Crippen LogP) is 3.92. The second-order valence-electron chi connectivity index (χ2n) is 5.13. The third-order valence-corrected chi connectivity index (χ3v) is 3.39. The van der Waals surface area contributed by atoms with Crippen molar-refractivity contribution in [2.24, 2.45) is 0 Å². The van der Waals surface area contributed by atoms with Crippen LogP contribution in [0.2, 0.25) is 0 Å². The zero-order chi connectivity index (χ0) is 17.2. The lowest BCUT2D eigenvalue weighted by Gasteiger charge is -2.00. The van der Waals surface area contributed by atoms with E-state index in [-0.39, 0.29) is 11.5 Å². The fraction of sp³-hybridized carbons (Fsp3) is 0.263. The Morgan fingerprint density at radius 2 is 1.30 bits per heavy atom. The van der Waals surface area contributed by atoms with Gasteiger partial charge in [0.1, 0.15) is 11.5 Å². The standard InChI is InChI=1S/C10H12O2.C9H10O2/c1-2-3-8-4-5-9(7-11)10(12)6-8;1-2-7-3-4-8(6-10)9(11)5-7/h4-7,12H,2-3H2,1H3;3-6,11H,2H2,1H3. The molecule has 0 saturated carbocycles. The molecule has 0 aromatic heterocycles. The van der Waals surface area contributed by atoms with Gasteiger partial charge < -0.3 is 10.2 Å². The number of aryl methyl sites for hydroxylation is 2. The van der Waals surface area contributed by atoms with Gasteiger partial charge in [-0.2, -0.15) is 0 Å². The lowest BCUT2D eigenvalue weighted by molar-refractivity contribution is 0.111. The summed E-state index contributed by atoms with van der Waals surface area (Å²) in [5, 5.41) is 18.5. The van der Waals surface area contributed by atoms with Crippen LogP contribution in [0.4, 0.5) is 0 Å². The van der Waals surface area contributed by atoms with Gasteiger partial charge in [0.15, 0.2) is 12.6 Å². The molecular formula is C19H22O4. The van der Waals surface area contributed by atoms with Crippen molar-refractivity contribution in [1.82, 2.24) is 0 Å². The van der Waals surface area contributed by atoms with Crippen LogP contribution >= 0.6 is 0 Å². The first-order valence-corrected chi connectivity index (χ1v) is 7.59. The van der Waals surface area contributed by atoms with Gasteiger partial charge in [-0.15, -0.1) is 0 Å². The Balaban J connectivity index is 0.000000231. The molecule has 23 heavy (non-hydrogen) atoms. The second kappa shape index (κ2) is 9.41. The SMILES string of the molecule is CCCc1ccc(C=O)c(O)c1.CCc1ccc(C=O)c(O)c1. The second-order valence-corrected chi connectivity index (χ2v) is 5.13. The Hall–Kier alpha value is -2.62. The molecule has 0 aliphatic heterocycles. The Morgan fingerprint density at radius 3 is 1.70 bits per heavy atom. The monoisotopic (exact) mass is 314 g/mol. The topological polar surface area (TPSA) is 74.6 Å². The predicted molar refractivity (Wildman–Crippen MR) is 90.4 cm³/mol. The van der Waals surface area contributed by atoms with Crippen LogP contribution in [-0.4, -0.2) is 22.8 Å². The van der Waals surface area contributed by atoms with Gasteiger partial charge in [-0.25, -0.2) is 0 Å². The molecular weight excluding hydrogens is 292 g/mol. The summed E-state index contributed by atoms with van der Waals surface area (Å²) in [5.74, 6) is 0.148. The number of phenols is 2. The van der Waals surface area contributed by atoms with Crippen LogP contribution in [0.5, 0.6) is 11.5 Å². The molecule has 2 aromatic carbocycles.